The Labute approximate surface area is 151 Å². The van der Waals surface area contributed by atoms with Gasteiger partial charge in [0.1, 0.15) is 5.82 Å². The first-order valence-electron chi connectivity index (χ1n) is 7.94. The lowest BCUT2D eigenvalue weighted by atomic mass is 9.91. The summed E-state index contributed by atoms with van der Waals surface area (Å²) < 4.78 is 3.04. The van der Waals surface area contributed by atoms with Crippen LogP contribution in [0.3, 0.4) is 0 Å². The molecule has 0 radical (unpaired) electrons. The molecule has 0 saturated heterocycles. The van der Waals surface area contributed by atoms with Gasteiger partial charge in [0.15, 0.2) is 17.3 Å². The first kappa shape index (κ1) is 17.3. The zero-order valence-electron chi connectivity index (χ0n) is 15.0. The van der Waals surface area contributed by atoms with E-state index in [4.69, 9.17) is 12.3 Å². The summed E-state index contributed by atoms with van der Waals surface area (Å²) in [6.07, 6.45) is 3.08. The normalized spacial score (nSPS) is 11.8. The second kappa shape index (κ2) is 6.40. The number of nitrogen functional groups attached to an aromatic ring is 1. The highest BCUT2D eigenvalue weighted by molar-refractivity contribution is 5.66. The second-order valence-electron chi connectivity index (χ2n) is 6.72. The fourth-order valence-corrected chi connectivity index (χ4v) is 2.38. The fraction of sp³-hybridized carbons (Fsp3) is 0.294. The van der Waals surface area contributed by atoms with Crippen molar-refractivity contribution in [3.05, 3.63) is 47.7 Å². The molecule has 132 valence electrons. The molecule has 9 nitrogen and oxygen atoms in total. The van der Waals surface area contributed by atoms with E-state index in [0.29, 0.717) is 23.1 Å². The Hall–Kier alpha value is -3.54. The van der Waals surface area contributed by atoms with Gasteiger partial charge in [-0.05, 0) is 12.1 Å². The zero-order chi connectivity index (χ0) is 18.9. The van der Waals surface area contributed by atoms with E-state index in [2.05, 4.69) is 30.3 Å². The van der Waals surface area contributed by atoms with Gasteiger partial charge in [-0.15, -0.1) is 10.2 Å². The molecule has 0 aliphatic carbocycles. The predicted octanol–water partition coefficient (Wildman–Crippen LogP) is 3.85. The Balaban J connectivity index is 2.11. The van der Waals surface area contributed by atoms with E-state index in [-0.39, 0.29) is 11.1 Å². The number of aromatic nitrogens is 5. The number of azo groups is 1. The first-order chi connectivity index (χ1) is 12.3. The summed E-state index contributed by atoms with van der Waals surface area (Å²) in [4.78, 5) is 7.71. The van der Waals surface area contributed by atoms with E-state index in [1.165, 1.54) is 10.9 Å². The molecule has 0 aromatic carbocycles. The molecule has 0 amide bonds. The van der Waals surface area contributed by atoms with Crippen LogP contribution in [-0.2, 0) is 12.5 Å². The van der Waals surface area contributed by atoms with Gasteiger partial charge in [-0.25, -0.2) is 14.5 Å². The molecule has 0 aliphatic rings. The summed E-state index contributed by atoms with van der Waals surface area (Å²) in [5.74, 6) is 1.25. The molecule has 9 heteroatoms. The molecule has 3 aromatic heterocycles. The van der Waals surface area contributed by atoms with Gasteiger partial charge in [-0.2, -0.15) is 10.2 Å². The molecule has 0 aliphatic heterocycles. The maximum atomic E-state index is 7.34. The number of nitrogens with two attached hydrogens (primary N) is 1. The number of anilines is 1. The number of hydrogen-bond acceptors (Lipinski definition) is 6. The third kappa shape index (κ3) is 3.04. The summed E-state index contributed by atoms with van der Waals surface area (Å²) in [5, 5.41) is 17.2. The molecular formula is C17H19N9. The smallest absolute Gasteiger partial charge is 0.252 e. The standard InChI is InChI=1S/C17H19N9/c1-17(2,3)14-13(15(18)25(5)24-14)22-23-16-11(19-4)10-21-26(16)12-8-6-7-9-20-12/h6-10H,18H2,1-3,5H3. The number of rotatable bonds is 3. The van der Waals surface area contributed by atoms with Gasteiger partial charge in [0, 0.05) is 18.7 Å². The summed E-state index contributed by atoms with van der Waals surface area (Å²) in [5.41, 5.74) is 7.35. The predicted molar refractivity (Wildman–Crippen MR) is 98.1 cm³/mol. The van der Waals surface area contributed by atoms with Crippen LogP contribution in [-0.4, -0.2) is 24.5 Å². The van der Waals surface area contributed by atoms with Crippen LogP contribution in [0, 0.1) is 6.57 Å². The van der Waals surface area contributed by atoms with Crippen LogP contribution in [0.25, 0.3) is 10.7 Å². The monoisotopic (exact) mass is 349 g/mol. The minimum Gasteiger partial charge on any atom is -0.382 e. The second-order valence-corrected chi connectivity index (χ2v) is 6.72. The number of hydrogen-bond donors (Lipinski definition) is 1. The van der Waals surface area contributed by atoms with Gasteiger partial charge in [0.2, 0.25) is 0 Å². The van der Waals surface area contributed by atoms with Gasteiger partial charge in [0.05, 0.1) is 18.5 Å². The Morgan fingerprint density at radius 3 is 2.62 bits per heavy atom. The average Bonchev–Trinajstić information content (AvgIpc) is 3.15. The van der Waals surface area contributed by atoms with Crippen LogP contribution in [0.5, 0.6) is 0 Å². The van der Waals surface area contributed by atoms with Crippen molar-refractivity contribution in [2.75, 3.05) is 5.73 Å². The molecule has 3 heterocycles. The highest BCUT2D eigenvalue weighted by Crippen LogP contribution is 2.37. The minimum absolute atomic E-state index is 0.256. The van der Waals surface area contributed by atoms with Crippen LogP contribution < -0.4 is 5.73 Å². The van der Waals surface area contributed by atoms with Crippen molar-refractivity contribution in [1.82, 2.24) is 24.5 Å². The molecule has 3 rings (SSSR count). The van der Waals surface area contributed by atoms with Crippen molar-refractivity contribution in [3.63, 3.8) is 0 Å². The third-order valence-electron chi connectivity index (χ3n) is 3.73. The van der Waals surface area contributed by atoms with Crippen LogP contribution in [0.15, 0.2) is 40.8 Å². The van der Waals surface area contributed by atoms with Gasteiger partial charge in [-0.3, -0.25) is 4.68 Å². The van der Waals surface area contributed by atoms with Crippen molar-refractivity contribution in [2.45, 2.75) is 26.2 Å². The van der Waals surface area contributed by atoms with E-state index in [1.54, 1.807) is 30.1 Å². The van der Waals surface area contributed by atoms with E-state index < -0.39 is 0 Å². The molecule has 0 spiro atoms. The van der Waals surface area contributed by atoms with Crippen molar-refractivity contribution in [3.8, 4) is 5.82 Å². The summed E-state index contributed by atoms with van der Waals surface area (Å²) in [6.45, 7) is 13.4. The summed E-state index contributed by atoms with van der Waals surface area (Å²) >= 11 is 0. The highest BCUT2D eigenvalue weighted by Gasteiger charge is 2.25. The molecule has 0 unspecified atom stereocenters. The Bertz CT molecular complexity index is 998. The highest BCUT2D eigenvalue weighted by atomic mass is 15.4. The SMILES string of the molecule is [C-]#[N+]c1cnn(-c2ccccn2)c1N=Nc1c(C(C)(C)C)nn(C)c1N. The van der Waals surface area contributed by atoms with E-state index in [1.807, 2.05) is 26.8 Å². The van der Waals surface area contributed by atoms with Crippen LogP contribution >= 0.6 is 0 Å². The van der Waals surface area contributed by atoms with Crippen LogP contribution in [0.2, 0.25) is 0 Å². The van der Waals surface area contributed by atoms with E-state index >= 15 is 0 Å². The Morgan fingerprint density at radius 2 is 2.00 bits per heavy atom. The Kier molecular flexibility index (Phi) is 4.26. The molecule has 3 aromatic rings. The lowest BCUT2D eigenvalue weighted by molar-refractivity contribution is 0.554. The zero-order valence-corrected chi connectivity index (χ0v) is 15.0. The van der Waals surface area contributed by atoms with Crippen molar-refractivity contribution in [2.24, 2.45) is 17.3 Å². The number of pyridine rings is 1. The molecule has 0 bridgehead atoms. The van der Waals surface area contributed by atoms with Gasteiger partial charge in [0.25, 0.3) is 5.69 Å². The topological polar surface area (TPSA) is 104 Å². The molecular weight excluding hydrogens is 330 g/mol. The molecule has 0 atom stereocenters. The third-order valence-corrected chi connectivity index (χ3v) is 3.73. The number of aryl methyl sites for hydroxylation is 1. The van der Waals surface area contributed by atoms with Gasteiger partial charge >= 0.3 is 0 Å². The van der Waals surface area contributed by atoms with E-state index in [9.17, 15) is 0 Å². The lowest BCUT2D eigenvalue weighted by Gasteiger charge is -2.15. The lowest BCUT2D eigenvalue weighted by Crippen LogP contribution is -2.12. The molecule has 2 N–H and O–H groups in total. The average molecular weight is 349 g/mol. The molecule has 26 heavy (non-hydrogen) atoms. The first-order valence-corrected chi connectivity index (χ1v) is 7.94. The van der Waals surface area contributed by atoms with Crippen LogP contribution in [0.4, 0.5) is 23.0 Å². The molecule has 0 saturated carbocycles. The maximum absolute atomic E-state index is 7.34. The van der Waals surface area contributed by atoms with Gasteiger partial charge in [-0.1, -0.05) is 26.8 Å². The van der Waals surface area contributed by atoms with Crippen molar-refractivity contribution in [1.29, 1.82) is 0 Å². The van der Waals surface area contributed by atoms with E-state index in [0.717, 1.165) is 5.69 Å². The fourth-order valence-electron chi connectivity index (χ4n) is 2.38. The summed E-state index contributed by atoms with van der Waals surface area (Å²) in [7, 11) is 1.76. The van der Waals surface area contributed by atoms with Gasteiger partial charge < -0.3 is 5.73 Å². The van der Waals surface area contributed by atoms with Crippen LogP contribution in [0.1, 0.15) is 26.5 Å². The quantitative estimate of drug-likeness (QED) is 0.573. The number of nitrogens with zero attached hydrogens (tertiary/aromatic N) is 8. The van der Waals surface area contributed by atoms with Crippen molar-refractivity contribution < 1.29 is 0 Å². The minimum atomic E-state index is -0.256. The molecule has 0 fully saturated rings. The Morgan fingerprint density at radius 1 is 1.23 bits per heavy atom. The van der Waals surface area contributed by atoms with Crippen molar-refractivity contribution >= 4 is 23.0 Å². The largest absolute Gasteiger partial charge is 0.382 e. The maximum Gasteiger partial charge on any atom is 0.252 e. The summed E-state index contributed by atoms with van der Waals surface area (Å²) in [6, 6.07) is 5.41.